The normalized spacial score (nSPS) is 15.3. The summed E-state index contributed by atoms with van der Waals surface area (Å²) in [5, 5.41) is 8.76. The minimum absolute atomic E-state index is 0.0452. The summed E-state index contributed by atoms with van der Waals surface area (Å²) in [4.78, 5) is 16.8. The molecule has 1 aromatic heterocycles. The molecule has 0 fully saturated rings. The number of carbonyl (C=O) groups excluding carboxylic acids is 1. The predicted octanol–water partition coefficient (Wildman–Crippen LogP) is 6.61. The fourth-order valence-electron chi connectivity index (χ4n) is 3.91. The number of anilines is 2. The molecule has 3 aromatic rings. The molecule has 1 aliphatic heterocycles. The summed E-state index contributed by atoms with van der Waals surface area (Å²) < 4.78 is 47.0. The number of carbonyl (C=O) groups is 1. The van der Waals surface area contributed by atoms with Crippen molar-refractivity contribution >= 4 is 17.4 Å². The van der Waals surface area contributed by atoms with Crippen LogP contribution in [0.3, 0.4) is 0 Å². The summed E-state index contributed by atoms with van der Waals surface area (Å²) >= 11 is 0. The van der Waals surface area contributed by atoms with Gasteiger partial charge in [0.05, 0.1) is 0 Å². The van der Waals surface area contributed by atoms with Crippen molar-refractivity contribution in [2.75, 3.05) is 10.6 Å². The summed E-state index contributed by atoms with van der Waals surface area (Å²) in [6, 6.07) is 13.4. The van der Waals surface area contributed by atoms with Crippen molar-refractivity contribution in [2.45, 2.75) is 39.7 Å². The van der Waals surface area contributed by atoms with Gasteiger partial charge in [-0.2, -0.15) is 0 Å². The molecule has 0 radical (unpaired) electrons. The first kappa shape index (κ1) is 24.3. The van der Waals surface area contributed by atoms with E-state index < -0.39 is 12.4 Å². The van der Waals surface area contributed by atoms with Crippen LogP contribution in [0.2, 0.25) is 0 Å². The number of halogens is 3. The van der Waals surface area contributed by atoms with Crippen molar-refractivity contribution in [3.8, 4) is 17.4 Å². The highest BCUT2D eigenvalue weighted by Gasteiger charge is 2.35. The van der Waals surface area contributed by atoms with Gasteiger partial charge in [-0.1, -0.05) is 32.9 Å². The Labute approximate surface area is 200 Å². The lowest BCUT2D eigenvalue weighted by Gasteiger charge is -2.29. The molecule has 7 nitrogen and oxygen atoms in total. The molecule has 0 saturated heterocycles. The first-order valence-corrected chi connectivity index (χ1v) is 10.9. The van der Waals surface area contributed by atoms with Crippen LogP contribution in [0, 0.1) is 5.41 Å². The number of hydrogen-bond donors (Lipinski definition) is 3. The van der Waals surface area contributed by atoms with Crippen LogP contribution in [0.4, 0.5) is 29.3 Å². The van der Waals surface area contributed by atoms with Gasteiger partial charge in [-0.3, -0.25) is 0 Å². The Bertz CT molecular complexity index is 1210. The SMILES string of the molecule is CC(C)(C)C1NCc2cccc(Oc3ncccc3NC(=O)Nc3ccc(OC(F)(F)F)cc3)c21. The van der Waals surface area contributed by atoms with Crippen molar-refractivity contribution < 1.29 is 27.4 Å². The number of alkyl halides is 3. The van der Waals surface area contributed by atoms with E-state index in [2.05, 4.69) is 52.5 Å². The zero-order valence-corrected chi connectivity index (χ0v) is 19.4. The molecule has 3 N–H and O–H groups in total. The largest absolute Gasteiger partial charge is 0.573 e. The molecule has 1 aliphatic rings. The number of pyridine rings is 1. The van der Waals surface area contributed by atoms with E-state index in [0.717, 1.165) is 29.8 Å². The van der Waals surface area contributed by atoms with Gasteiger partial charge in [0.25, 0.3) is 0 Å². The number of benzene rings is 2. The molecule has 1 unspecified atom stereocenters. The third kappa shape index (κ3) is 6.02. The highest BCUT2D eigenvalue weighted by atomic mass is 19.4. The van der Waals surface area contributed by atoms with Gasteiger partial charge < -0.3 is 25.4 Å². The third-order valence-corrected chi connectivity index (χ3v) is 5.38. The van der Waals surface area contributed by atoms with E-state index >= 15 is 0 Å². The summed E-state index contributed by atoms with van der Waals surface area (Å²) in [5.41, 5.74) is 2.77. The Balaban J connectivity index is 1.48. The van der Waals surface area contributed by atoms with Crippen LogP contribution >= 0.6 is 0 Å². The Morgan fingerprint density at radius 1 is 1.03 bits per heavy atom. The van der Waals surface area contributed by atoms with Crippen molar-refractivity contribution in [1.29, 1.82) is 0 Å². The van der Waals surface area contributed by atoms with Gasteiger partial charge in [-0.05, 0) is 53.4 Å². The van der Waals surface area contributed by atoms with Gasteiger partial charge in [0, 0.05) is 30.0 Å². The molecule has 0 spiro atoms. The zero-order valence-electron chi connectivity index (χ0n) is 19.4. The van der Waals surface area contributed by atoms with Crippen LogP contribution < -0.4 is 25.4 Å². The lowest BCUT2D eigenvalue weighted by Crippen LogP contribution is -2.26. The average molecular weight is 486 g/mol. The summed E-state index contributed by atoms with van der Waals surface area (Å²) in [5.74, 6) is 0.476. The van der Waals surface area contributed by atoms with Crippen molar-refractivity contribution in [1.82, 2.24) is 10.3 Å². The van der Waals surface area contributed by atoms with Gasteiger partial charge in [0.1, 0.15) is 17.2 Å². The minimum Gasteiger partial charge on any atom is -0.437 e. The molecule has 184 valence electrons. The number of ether oxygens (including phenoxy) is 2. The molecule has 0 saturated carbocycles. The number of nitrogens with one attached hydrogen (secondary N) is 3. The number of urea groups is 1. The Morgan fingerprint density at radius 2 is 1.77 bits per heavy atom. The molecular weight excluding hydrogens is 461 g/mol. The molecule has 1 atom stereocenters. The van der Waals surface area contributed by atoms with Crippen LogP contribution in [-0.2, 0) is 6.54 Å². The molecule has 2 heterocycles. The monoisotopic (exact) mass is 486 g/mol. The van der Waals surface area contributed by atoms with Gasteiger partial charge in [0.15, 0.2) is 0 Å². The molecule has 35 heavy (non-hydrogen) atoms. The molecular formula is C25H25F3N4O3. The van der Waals surface area contributed by atoms with Crippen LogP contribution in [0.25, 0.3) is 0 Å². The van der Waals surface area contributed by atoms with Gasteiger partial charge in [-0.25, -0.2) is 9.78 Å². The number of nitrogens with zero attached hydrogens (tertiary/aromatic N) is 1. The smallest absolute Gasteiger partial charge is 0.437 e. The fraction of sp³-hybridized carbons (Fsp3) is 0.280. The standard InChI is InChI=1S/C25H25F3N4O3/c1-24(2,3)21-20-15(14-30-21)6-4-8-19(20)34-22-18(7-5-13-29-22)32-23(33)31-16-9-11-17(12-10-16)35-25(26,27)28/h4-13,21,30H,14H2,1-3H3,(H2,31,32,33). The summed E-state index contributed by atoms with van der Waals surface area (Å²) in [6.45, 7) is 7.18. The molecule has 0 aliphatic carbocycles. The lowest BCUT2D eigenvalue weighted by molar-refractivity contribution is -0.274. The number of amides is 2. The van der Waals surface area contributed by atoms with E-state index in [9.17, 15) is 18.0 Å². The molecule has 2 aromatic carbocycles. The second-order valence-corrected chi connectivity index (χ2v) is 9.12. The maximum absolute atomic E-state index is 12.5. The van der Waals surface area contributed by atoms with Gasteiger partial charge in [0.2, 0.25) is 5.88 Å². The van der Waals surface area contributed by atoms with E-state index in [4.69, 9.17) is 4.74 Å². The van der Waals surface area contributed by atoms with E-state index in [1.807, 2.05) is 12.1 Å². The average Bonchev–Trinajstić information content (AvgIpc) is 3.21. The molecule has 0 bridgehead atoms. The van der Waals surface area contributed by atoms with Crippen molar-refractivity contribution in [3.05, 3.63) is 71.9 Å². The molecule has 2 amide bonds. The van der Waals surface area contributed by atoms with E-state index in [-0.39, 0.29) is 28.8 Å². The Kier molecular flexibility index (Phi) is 6.58. The van der Waals surface area contributed by atoms with E-state index in [0.29, 0.717) is 11.4 Å². The maximum atomic E-state index is 12.5. The van der Waals surface area contributed by atoms with E-state index in [1.165, 1.54) is 12.1 Å². The number of aromatic nitrogens is 1. The summed E-state index contributed by atoms with van der Waals surface area (Å²) in [7, 11) is 0. The predicted molar refractivity (Wildman–Crippen MR) is 126 cm³/mol. The van der Waals surface area contributed by atoms with Crippen LogP contribution in [0.1, 0.15) is 37.9 Å². The highest BCUT2D eigenvalue weighted by molar-refractivity contribution is 6.00. The van der Waals surface area contributed by atoms with Crippen LogP contribution in [-0.4, -0.2) is 17.4 Å². The van der Waals surface area contributed by atoms with E-state index in [1.54, 1.807) is 18.3 Å². The van der Waals surface area contributed by atoms with Gasteiger partial charge in [-0.15, -0.1) is 13.2 Å². The zero-order chi connectivity index (χ0) is 25.2. The summed E-state index contributed by atoms with van der Waals surface area (Å²) in [6.07, 6.45) is -3.23. The third-order valence-electron chi connectivity index (χ3n) is 5.38. The number of fused-ring (bicyclic) bond motifs is 1. The second kappa shape index (κ2) is 9.46. The first-order valence-electron chi connectivity index (χ1n) is 10.9. The Hall–Kier alpha value is -3.79. The topological polar surface area (TPSA) is 84.5 Å². The Morgan fingerprint density at radius 3 is 2.46 bits per heavy atom. The van der Waals surface area contributed by atoms with Crippen molar-refractivity contribution in [2.24, 2.45) is 5.41 Å². The minimum atomic E-state index is -4.79. The molecule has 4 rings (SSSR count). The molecule has 10 heteroatoms. The maximum Gasteiger partial charge on any atom is 0.573 e. The number of rotatable bonds is 5. The van der Waals surface area contributed by atoms with Gasteiger partial charge >= 0.3 is 12.4 Å². The first-order chi connectivity index (χ1) is 16.5. The fourth-order valence-corrected chi connectivity index (χ4v) is 3.91. The highest BCUT2D eigenvalue weighted by Crippen LogP contribution is 2.44. The second-order valence-electron chi connectivity index (χ2n) is 9.12. The lowest BCUT2D eigenvalue weighted by atomic mass is 9.82. The number of hydrogen-bond acceptors (Lipinski definition) is 5. The van der Waals surface area contributed by atoms with Crippen molar-refractivity contribution in [3.63, 3.8) is 0 Å². The van der Waals surface area contributed by atoms with Crippen LogP contribution in [0.5, 0.6) is 17.4 Å². The quantitative estimate of drug-likeness (QED) is 0.378. The van der Waals surface area contributed by atoms with Crippen LogP contribution in [0.15, 0.2) is 60.8 Å².